The van der Waals surface area contributed by atoms with Crippen LogP contribution in [0.1, 0.15) is 106 Å². The van der Waals surface area contributed by atoms with Crippen LogP contribution in [0.4, 0.5) is 34.1 Å². The Bertz CT molecular complexity index is 4390. The monoisotopic (exact) mass is 1070 g/mol. The quantitative estimate of drug-likeness (QED) is 0.162. The molecule has 2 heterocycles. The summed E-state index contributed by atoms with van der Waals surface area (Å²) in [6, 6.07) is 102. The van der Waals surface area contributed by atoms with Gasteiger partial charge < -0.3 is 9.80 Å². The molecule has 0 atom stereocenters. The van der Waals surface area contributed by atoms with E-state index < -0.39 is 10.8 Å². The second-order valence-electron chi connectivity index (χ2n) is 25.1. The minimum absolute atomic E-state index is 0.151. The van der Waals surface area contributed by atoms with Crippen LogP contribution in [-0.2, 0) is 21.7 Å². The summed E-state index contributed by atoms with van der Waals surface area (Å²) in [5.74, 6) is 0. The lowest BCUT2D eigenvalue weighted by Crippen LogP contribution is -2.31. The summed E-state index contributed by atoms with van der Waals surface area (Å²) < 4.78 is 0. The molecular weight excluding hydrogens is 1010 g/mol. The number of fused-ring (bicyclic) bond motifs is 24. The van der Waals surface area contributed by atoms with E-state index in [9.17, 15) is 0 Å². The van der Waals surface area contributed by atoms with E-state index in [2.05, 4.69) is 317 Å². The van der Waals surface area contributed by atoms with E-state index in [1.54, 1.807) is 0 Å². The van der Waals surface area contributed by atoms with Gasteiger partial charge in [0, 0.05) is 22.2 Å². The maximum atomic E-state index is 2.53. The molecule has 0 saturated heterocycles. The normalized spacial score (nSPS) is 16.1. The Morgan fingerprint density at radius 2 is 0.464 bits per heavy atom. The molecule has 0 fully saturated rings. The maximum Gasteiger partial charge on any atom is 0.0726 e. The van der Waals surface area contributed by atoms with Crippen molar-refractivity contribution in [2.24, 2.45) is 0 Å². The van der Waals surface area contributed by atoms with Gasteiger partial charge in [0.1, 0.15) is 0 Å². The molecule has 0 aromatic heterocycles. The number of hydrogen-bond donors (Lipinski definition) is 0. The molecule has 0 N–H and O–H groups in total. The van der Waals surface area contributed by atoms with Crippen LogP contribution in [-0.4, -0.2) is 0 Å². The first kappa shape index (κ1) is 47.6. The summed E-state index contributed by atoms with van der Waals surface area (Å²) in [5, 5.41) is 0. The van der Waals surface area contributed by atoms with Gasteiger partial charge in [-0.2, -0.15) is 0 Å². The van der Waals surface area contributed by atoms with E-state index in [1.807, 2.05) is 0 Å². The minimum Gasteiger partial charge on any atom is -0.310 e. The summed E-state index contributed by atoms with van der Waals surface area (Å²) in [7, 11) is 0. The zero-order valence-electron chi connectivity index (χ0n) is 47.5. The lowest BCUT2D eigenvalue weighted by Gasteiger charge is -2.42. The standard InChI is InChI=1S/C82H58N2/c1-79(2)67-29-13-17-33-75(67)83(76-34-18-14-30-68(76)79)53-41-45-61-59-43-39-51(47-71(59)81(73(61)49-53)63-25-9-5-21-55(63)56-22-6-10-26-64(56)81)37-38-52-40-44-60-62-46-42-54(84-77-35-19-15-31-69(77)80(3,4)70-32-16-20-36-78(70)84)50-74(62)82(72(60)48-52)65-27-11-7-23-57(65)58-24-8-12-28-66(58)82/h5-50H,1-4H3. The Balaban J connectivity index is 0.793. The Morgan fingerprint density at radius 3 is 0.774 bits per heavy atom. The van der Waals surface area contributed by atoms with Crippen molar-refractivity contribution in [1.29, 1.82) is 0 Å². The smallest absolute Gasteiger partial charge is 0.0726 e. The van der Waals surface area contributed by atoms with Crippen LogP contribution in [0.5, 0.6) is 0 Å². The number of rotatable bonds is 4. The number of nitrogens with zero attached hydrogens (tertiary/aromatic N) is 2. The van der Waals surface area contributed by atoms with E-state index >= 15 is 0 Å². The van der Waals surface area contributed by atoms with E-state index in [-0.39, 0.29) is 10.8 Å². The SMILES string of the molecule is CC1(C)c2ccccc2N(c2ccc3c(c2)C2(c4ccccc4-c4ccccc42)c2cc(C=Cc4ccc5c(c4)C4(c6ccccc6-c6ccccc64)c4cc(N6c7ccccc7C(C)(C)c7ccccc76)ccc4-5)ccc2-3)c2ccccc21. The average molecular weight is 1070 g/mol. The van der Waals surface area contributed by atoms with Crippen molar-refractivity contribution in [3.63, 3.8) is 0 Å². The molecule has 0 saturated carbocycles. The fourth-order valence-corrected chi connectivity index (χ4v) is 16.9. The van der Waals surface area contributed by atoms with Gasteiger partial charge in [-0.25, -0.2) is 0 Å². The second-order valence-corrected chi connectivity index (χ2v) is 25.1. The molecule has 0 amide bonds. The molecule has 0 bridgehead atoms. The zero-order chi connectivity index (χ0) is 55.8. The van der Waals surface area contributed by atoms with Gasteiger partial charge in [-0.1, -0.05) is 246 Å². The first-order valence-electron chi connectivity index (χ1n) is 29.8. The Hall–Kier alpha value is -10.0. The molecule has 2 spiro atoms. The molecule has 4 aliphatic carbocycles. The van der Waals surface area contributed by atoms with Crippen LogP contribution in [0.3, 0.4) is 0 Å². The highest BCUT2D eigenvalue weighted by molar-refractivity contribution is 6.00. The predicted molar refractivity (Wildman–Crippen MR) is 348 cm³/mol. The predicted octanol–water partition coefficient (Wildman–Crippen LogP) is 20.8. The van der Waals surface area contributed by atoms with Gasteiger partial charge in [-0.15, -0.1) is 0 Å². The highest BCUT2D eigenvalue weighted by Gasteiger charge is 2.54. The fraction of sp³-hybridized carbons (Fsp3) is 0.0976. The van der Waals surface area contributed by atoms with Gasteiger partial charge in [-0.3, -0.25) is 0 Å². The molecule has 6 aliphatic rings. The van der Waals surface area contributed by atoms with Crippen LogP contribution in [0, 0.1) is 0 Å². The van der Waals surface area contributed by atoms with E-state index in [1.165, 1.54) is 157 Å². The Kier molecular flexibility index (Phi) is 9.53. The Morgan fingerprint density at radius 1 is 0.226 bits per heavy atom. The molecule has 12 aromatic carbocycles. The molecule has 2 heteroatoms. The summed E-state index contributed by atoms with van der Waals surface area (Å²) in [6.45, 7) is 9.47. The van der Waals surface area contributed by atoms with E-state index in [4.69, 9.17) is 0 Å². The molecule has 12 aromatic rings. The van der Waals surface area contributed by atoms with Gasteiger partial charge >= 0.3 is 0 Å². The Labute approximate surface area is 492 Å². The molecule has 2 aliphatic heterocycles. The summed E-state index contributed by atoms with van der Waals surface area (Å²) in [4.78, 5) is 5.03. The van der Waals surface area contributed by atoms with Gasteiger partial charge in [-0.05, 0) is 183 Å². The van der Waals surface area contributed by atoms with Crippen molar-refractivity contribution in [2.45, 2.75) is 49.4 Å². The third-order valence-electron chi connectivity index (χ3n) is 20.5. The molecule has 84 heavy (non-hydrogen) atoms. The number of hydrogen-bond acceptors (Lipinski definition) is 2. The molecular formula is C82H58N2. The highest BCUT2D eigenvalue weighted by Crippen LogP contribution is 2.66. The first-order chi connectivity index (χ1) is 41.2. The summed E-state index contributed by atoms with van der Waals surface area (Å²) in [5.41, 5.74) is 34.6. The van der Waals surface area contributed by atoms with Crippen molar-refractivity contribution in [1.82, 2.24) is 0 Å². The summed E-state index contributed by atoms with van der Waals surface area (Å²) in [6.07, 6.45) is 4.72. The van der Waals surface area contributed by atoms with Crippen molar-refractivity contribution in [2.75, 3.05) is 9.80 Å². The minimum atomic E-state index is -0.534. The third-order valence-corrected chi connectivity index (χ3v) is 20.5. The van der Waals surface area contributed by atoms with Gasteiger partial charge in [0.05, 0.1) is 33.6 Å². The summed E-state index contributed by atoms with van der Waals surface area (Å²) >= 11 is 0. The average Bonchev–Trinajstić information content (AvgIpc) is 1.53. The second kappa shape index (κ2) is 16.8. The maximum absolute atomic E-state index is 2.53. The van der Waals surface area contributed by atoms with Gasteiger partial charge in [0.2, 0.25) is 0 Å². The molecule has 396 valence electrons. The zero-order valence-corrected chi connectivity index (χ0v) is 47.5. The van der Waals surface area contributed by atoms with Crippen molar-refractivity contribution in [3.8, 4) is 44.5 Å². The molecule has 2 nitrogen and oxygen atoms in total. The van der Waals surface area contributed by atoms with Crippen molar-refractivity contribution < 1.29 is 0 Å². The third kappa shape index (κ3) is 5.95. The topological polar surface area (TPSA) is 6.48 Å². The van der Waals surface area contributed by atoms with Crippen molar-refractivity contribution in [3.05, 3.63) is 345 Å². The highest BCUT2D eigenvalue weighted by atomic mass is 15.2. The van der Waals surface area contributed by atoms with Crippen molar-refractivity contribution >= 4 is 46.3 Å². The number of para-hydroxylation sites is 4. The lowest BCUT2D eigenvalue weighted by molar-refractivity contribution is 0.631. The van der Waals surface area contributed by atoms with Gasteiger partial charge in [0.25, 0.3) is 0 Å². The van der Waals surface area contributed by atoms with Crippen LogP contribution in [0.15, 0.2) is 267 Å². The molecule has 0 unspecified atom stereocenters. The van der Waals surface area contributed by atoms with Crippen LogP contribution < -0.4 is 9.80 Å². The number of benzene rings is 12. The molecule has 18 rings (SSSR count). The largest absolute Gasteiger partial charge is 0.310 e. The van der Waals surface area contributed by atoms with E-state index in [0.717, 1.165) is 0 Å². The molecule has 0 radical (unpaired) electrons. The first-order valence-corrected chi connectivity index (χ1v) is 29.8. The number of anilines is 6. The van der Waals surface area contributed by atoms with Gasteiger partial charge in [0.15, 0.2) is 0 Å². The van der Waals surface area contributed by atoms with E-state index in [0.29, 0.717) is 0 Å². The fourth-order valence-electron chi connectivity index (χ4n) is 16.9. The lowest BCUT2D eigenvalue weighted by atomic mass is 9.70. The van der Waals surface area contributed by atoms with Crippen LogP contribution >= 0.6 is 0 Å². The van der Waals surface area contributed by atoms with Crippen LogP contribution in [0.25, 0.3) is 56.7 Å². The van der Waals surface area contributed by atoms with Crippen LogP contribution in [0.2, 0.25) is 0 Å².